The highest BCUT2D eigenvalue weighted by Gasteiger charge is 2.15. The average Bonchev–Trinajstić information content (AvgIpc) is 3.22. The molecule has 28 heavy (non-hydrogen) atoms. The van der Waals surface area contributed by atoms with E-state index in [9.17, 15) is 4.79 Å². The number of nitrogens with zero attached hydrogens (tertiary/aromatic N) is 3. The summed E-state index contributed by atoms with van der Waals surface area (Å²) in [6.45, 7) is 5.90. The number of carbonyl (C=O) groups excluding carboxylic acids is 1. The van der Waals surface area contributed by atoms with E-state index in [2.05, 4.69) is 28.9 Å². The van der Waals surface area contributed by atoms with E-state index in [1.165, 1.54) is 0 Å². The van der Waals surface area contributed by atoms with E-state index >= 15 is 0 Å². The molecule has 0 saturated heterocycles. The molecule has 1 heterocycles. The molecule has 0 aliphatic heterocycles. The van der Waals surface area contributed by atoms with Crippen LogP contribution >= 0.6 is 0 Å². The van der Waals surface area contributed by atoms with E-state index in [0.29, 0.717) is 22.7 Å². The molecule has 7 nitrogen and oxygen atoms in total. The topological polar surface area (TPSA) is 77.7 Å². The minimum absolute atomic E-state index is 0.0984. The van der Waals surface area contributed by atoms with Gasteiger partial charge in [-0.25, -0.2) is 4.79 Å². The summed E-state index contributed by atoms with van der Waals surface area (Å²) in [5.41, 5.74) is 2.25. The van der Waals surface area contributed by atoms with Crippen molar-refractivity contribution in [1.82, 2.24) is 10.1 Å². The lowest BCUT2D eigenvalue weighted by molar-refractivity contribution is 0.0430. The molecule has 0 aliphatic carbocycles. The zero-order valence-electron chi connectivity index (χ0n) is 16.2. The number of rotatable bonds is 8. The third-order valence-corrected chi connectivity index (χ3v) is 4.37. The molecule has 0 unspecified atom stereocenters. The SMILES string of the molecule is CCN(CC)c1ccc(C(=O)OCc2nc(-c3ccccc3OC)no2)cc1. The van der Waals surface area contributed by atoms with Crippen LogP contribution in [0.4, 0.5) is 5.69 Å². The number of carbonyl (C=O) groups is 1. The Morgan fingerprint density at radius 3 is 2.46 bits per heavy atom. The predicted molar refractivity (Wildman–Crippen MR) is 105 cm³/mol. The van der Waals surface area contributed by atoms with Gasteiger partial charge in [0.1, 0.15) is 5.75 Å². The number of esters is 1. The zero-order chi connectivity index (χ0) is 19.9. The molecule has 146 valence electrons. The van der Waals surface area contributed by atoms with Crippen LogP contribution in [0.3, 0.4) is 0 Å². The van der Waals surface area contributed by atoms with Crippen LogP contribution in [0.15, 0.2) is 53.1 Å². The number of hydrogen-bond donors (Lipinski definition) is 0. The van der Waals surface area contributed by atoms with Gasteiger partial charge in [-0.3, -0.25) is 0 Å². The fraction of sp³-hybridized carbons (Fsp3) is 0.286. The van der Waals surface area contributed by atoms with Crippen LogP contribution in [-0.4, -0.2) is 36.3 Å². The van der Waals surface area contributed by atoms with Crippen molar-refractivity contribution in [3.8, 4) is 17.1 Å². The van der Waals surface area contributed by atoms with Gasteiger partial charge in [0.05, 0.1) is 18.2 Å². The van der Waals surface area contributed by atoms with Crippen LogP contribution in [0.1, 0.15) is 30.1 Å². The monoisotopic (exact) mass is 381 g/mol. The van der Waals surface area contributed by atoms with Crippen molar-refractivity contribution in [1.29, 1.82) is 0 Å². The first-order chi connectivity index (χ1) is 13.7. The maximum absolute atomic E-state index is 12.3. The molecular weight excluding hydrogens is 358 g/mol. The summed E-state index contributed by atoms with van der Waals surface area (Å²) in [5.74, 6) is 0.796. The molecule has 0 atom stereocenters. The first-order valence-electron chi connectivity index (χ1n) is 9.14. The van der Waals surface area contributed by atoms with Crippen molar-refractivity contribution in [2.45, 2.75) is 20.5 Å². The molecule has 0 radical (unpaired) electrons. The highest BCUT2D eigenvalue weighted by molar-refractivity contribution is 5.89. The molecule has 2 aromatic carbocycles. The van der Waals surface area contributed by atoms with E-state index in [1.807, 2.05) is 36.4 Å². The summed E-state index contributed by atoms with van der Waals surface area (Å²) >= 11 is 0. The van der Waals surface area contributed by atoms with Gasteiger partial charge in [0.2, 0.25) is 5.82 Å². The smallest absolute Gasteiger partial charge is 0.338 e. The average molecular weight is 381 g/mol. The molecule has 0 bridgehead atoms. The van der Waals surface area contributed by atoms with Crippen molar-refractivity contribution in [3.63, 3.8) is 0 Å². The van der Waals surface area contributed by atoms with Gasteiger partial charge in [-0.15, -0.1) is 0 Å². The number of anilines is 1. The van der Waals surface area contributed by atoms with Gasteiger partial charge in [-0.1, -0.05) is 17.3 Å². The molecule has 0 saturated carbocycles. The van der Waals surface area contributed by atoms with Gasteiger partial charge in [-0.2, -0.15) is 4.98 Å². The largest absolute Gasteiger partial charge is 0.496 e. The Balaban J connectivity index is 1.63. The molecule has 3 rings (SSSR count). The Morgan fingerprint density at radius 2 is 1.79 bits per heavy atom. The van der Waals surface area contributed by atoms with Crippen molar-refractivity contribution in [2.75, 3.05) is 25.1 Å². The summed E-state index contributed by atoms with van der Waals surface area (Å²) in [6.07, 6.45) is 0. The fourth-order valence-electron chi connectivity index (χ4n) is 2.86. The van der Waals surface area contributed by atoms with Gasteiger partial charge in [0, 0.05) is 18.8 Å². The lowest BCUT2D eigenvalue weighted by Gasteiger charge is -2.20. The van der Waals surface area contributed by atoms with Crippen molar-refractivity contribution < 1.29 is 18.8 Å². The number of aromatic nitrogens is 2. The molecule has 0 amide bonds. The fourth-order valence-corrected chi connectivity index (χ4v) is 2.86. The Kier molecular flexibility index (Phi) is 6.26. The quantitative estimate of drug-likeness (QED) is 0.547. The van der Waals surface area contributed by atoms with Gasteiger partial charge in [-0.05, 0) is 50.2 Å². The highest BCUT2D eigenvalue weighted by atomic mass is 16.6. The number of benzene rings is 2. The lowest BCUT2D eigenvalue weighted by Crippen LogP contribution is -2.21. The minimum atomic E-state index is -0.442. The van der Waals surface area contributed by atoms with Crippen LogP contribution in [0.5, 0.6) is 5.75 Å². The zero-order valence-corrected chi connectivity index (χ0v) is 16.2. The normalized spacial score (nSPS) is 10.5. The lowest BCUT2D eigenvalue weighted by atomic mass is 10.2. The summed E-state index contributed by atoms with van der Waals surface area (Å²) in [7, 11) is 1.58. The Morgan fingerprint density at radius 1 is 1.07 bits per heavy atom. The molecule has 0 aliphatic rings. The Bertz CT molecular complexity index is 917. The molecule has 0 N–H and O–H groups in total. The number of hydrogen-bond acceptors (Lipinski definition) is 7. The Labute approximate surface area is 163 Å². The van der Waals surface area contributed by atoms with Gasteiger partial charge >= 0.3 is 5.97 Å². The maximum Gasteiger partial charge on any atom is 0.338 e. The molecule has 7 heteroatoms. The van der Waals surface area contributed by atoms with E-state index in [0.717, 1.165) is 18.8 Å². The van der Waals surface area contributed by atoms with E-state index in [-0.39, 0.29) is 12.5 Å². The predicted octanol–water partition coefficient (Wildman–Crippen LogP) is 3.95. The maximum atomic E-state index is 12.3. The summed E-state index contributed by atoms with van der Waals surface area (Å²) in [4.78, 5) is 18.7. The summed E-state index contributed by atoms with van der Waals surface area (Å²) in [6, 6.07) is 14.7. The van der Waals surface area contributed by atoms with Crippen LogP contribution < -0.4 is 9.64 Å². The van der Waals surface area contributed by atoms with Crippen molar-refractivity contribution in [2.24, 2.45) is 0 Å². The standard InChI is InChI=1S/C21H23N3O4/c1-4-24(5-2)16-12-10-15(11-13-16)21(25)27-14-19-22-20(23-28-19)17-8-6-7-9-18(17)26-3/h6-13H,4-5,14H2,1-3H3. The van der Waals surface area contributed by atoms with Crippen LogP contribution in [-0.2, 0) is 11.3 Å². The second kappa shape index (κ2) is 9.03. The van der Waals surface area contributed by atoms with E-state index in [1.54, 1.807) is 19.2 Å². The van der Waals surface area contributed by atoms with Crippen LogP contribution in [0, 0.1) is 0 Å². The summed E-state index contributed by atoms with van der Waals surface area (Å²) in [5, 5.41) is 3.93. The highest BCUT2D eigenvalue weighted by Crippen LogP contribution is 2.27. The summed E-state index contributed by atoms with van der Waals surface area (Å²) < 4.78 is 15.8. The first-order valence-corrected chi connectivity index (χ1v) is 9.14. The van der Waals surface area contributed by atoms with E-state index < -0.39 is 5.97 Å². The minimum Gasteiger partial charge on any atom is -0.496 e. The second-order valence-electron chi connectivity index (χ2n) is 6.01. The van der Waals surface area contributed by atoms with Crippen LogP contribution in [0.25, 0.3) is 11.4 Å². The molecule has 0 spiro atoms. The number of methoxy groups -OCH3 is 1. The van der Waals surface area contributed by atoms with E-state index in [4.69, 9.17) is 14.0 Å². The Hall–Kier alpha value is -3.35. The third kappa shape index (κ3) is 4.31. The molecule has 3 aromatic rings. The van der Waals surface area contributed by atoms with Crippen molar-refractivity contribution in [3.05, 3.63) is 60.0 Å². The van der Waals surface area contributed by atoms with Gasteiger partial charge < -0.3 is 18.9 Å². The first kappa shape index (κ1) is 19.4. The van der Waals surface area contributed by atoms with Crippen molar-refractivity contribution >= 4 is 11.7 Å². The molecular formula is C21H23N3O4. The molecule has 0 fully saturated rings. The van der Waals surface area contributed by atoms with Gasteiger partial charge in [0.15, 0.2) is 6.61 Å². The molecule has 1 aromatic heterocycles. The third-order valence-electron chi connectivity index (χ3n) is 4.37. The number of ether oxygens (including phenoxy) is 2. The van der Waals surface area contributed by atoms with Crippen LogP contribution in [0.2, 0.25) is 0 Å². The number of para-hydroxylation sites is 1. The van der Waals surface area contributed by atoms with Gasteiger partial charge in [0.25, 0.3) is 5.89 Å². The second-order valence-corrected chi connectivity index (χ2v) is 6.01.